The predicted octanol–water partition coefficient (Wildman–Crippen LogP) is 5.45. The third-order valence-electron chi connectivity index (χ3n) is 7.71. The van der Waals surface area contributed by atoms with Crippen LogP contribution in [0.25, 0.3) is 5.69 Å². The molecule has 2 aromatic rings. The fourth-order valence-corrected chi connectivity index (χ4v) is 6.83. The topological polar surface area (TPSA) is 107 Å². The molecule has 1 atom stereocenters. The van der Waals surface area contributed by atoms with Gasteiger partial charge in [0.05, 0.1) is 24.0 Å². The lowest BCUT2D eigenvalue weighted by Crippen LogP contribution is -2.52. The smallest absolute Gasteiger partial charge is 0.410 e. The third kappa shape index (κ3) is 6.49. The fourth-order valence-electron chi connectivity index (χ4n) is 5.55. The number of carbonyl (C=O) groups excluding carboxylic acids is 2. The van der Waals surface area contributed by atoms with E-state index in [9.17, 15) is 14.0 Å². The van der Waals surface area contributed by atoms with E-state index in [0.29, 0.717) is 29.2 Å². The summed E-state index contributed by atoms with van der Waals surface area (Å²) in [4.78, 5) is 28.5. The van der Waals surface area contributed by atoms with Crippen molar-refractivity contribution in [3.63, 3.8) is 0 Å². The number of carbonyl (C=O) groups is 2. The Morgan fingerprint density at radius 1 is 1.17 bits per heavy atom. The van der Waals surface area contributed by atoms with Gasteiger partial charge in [-0.05, 0) is 89.1 Å². The van der Waals surface area contributed by atoms with Gasteiger partial charge in [0, 0.05) is 31.7 Å². The van der Waals surface area contributed by atoms with Crippen LogP contribution >= 0.6 is 11.8 Å². The van der Waals surface area contributed by atoms with E-state index in [1.165, 1.54) is 14.2 Å². The van der Waals surface area contributed by atoms with Gasteiger partial charge in [-0.3, -0.25) is 5.32 Å². The summed E-state index contributed by atoms with van der Waals surface area (Å²) in [5, 5.41) is 10.9. The number of ether oxygens (including phenoxy) is 3. The molecule has 0 radical (unpaired) electrons. The molecule has 1 aromatic carbocycles. The molecule has 3 heterocycles. The second kappa shape index (κ2) is 12.2. The van der Waals surface area contributed by atoms with Crippen molar-refractivity contribution < 1.29 is 28.2 Å². The van der Waals surface area contributed by atoms with Crippen LogP contribution in [0.2, 0.25) is 0 Å². The summed E-state index contributed by atoms with van der Waals surface area (Å²) < 4.78 is 32.5. The van der Waals surface area contributed by atoms with E-state index in [1.807, 2.05) is 39.5 Å². The van der Waals surface area contributed by atoms with Gasteiger partial charge in [-0.2, -0.15) is 16.9 Å². The number of benzene rings is 1. The molecule has 2 N–H and O–H groups in total. The second-order valence-corrected chi connectivity index (χ2v) is 13.1. The number of nitrogens with one attached hydrogen (secondary N) is 2. The van der Waals surface area contributed by atoms with Crippen LogP contribution in [0.4, 0.5) is 19.8 Å². The number of aromatic nitrogens is 2. The first kappa shape index (κ1) is 31.1. The second-order valence-electron chi connectivity index (χ2n) is 11.8. The molecule has 0 unspecified atom stereocenters. The lowest BCUT2D eigenvalue weighted by Gasteiger charge is -2.46. The number of fused-ring (bicyclic) bond motifs is 2. The van der Waals surface area contributed by atoms with E-state index in [0.717, 1.165) is 35.6 Å². The molecule has 1 saturated heterocycles. The van der Waals surface area contributed by atoms with E-state index in [2.05, 4.69) is 10.6 Å². The average Bonchev–Trinajstić information content (AvgIpc) is 3.29. The van der Waals surface area contributed by atoms with Crippen LogP contribution in [0, 0.1) is 19.7 Å². The highest BCUT2D eigenvalue weighted by Crippen LogP contribution is 2.49. The van der Waals surface area contributed by atoms with Crippen LogP contribution in [0.1, 0.15) is 69.0 Å². The normalized spacial score (nSPS) is 18.4. The van der Waals surface area contributed by atoms with Crippen molar-refractivity contribution in [2.24, 2.45) is 0 Å². The number of anilines is 1. The summed E-state index contributed by atoms with van der Waals surface area (Å²) in [6.07, 6.45) is 0.619. The number of amides is 3. The standard InChI is InChI=1S/C29H42FN5O5S/c1-17-13-20(14-18(2)23(17)30)35-25(32-26(36)31-15-21(38-7)39-8)22-19(3)34(27(37)40-28(4,5)6)16-29(24(22)33-35)9-11-41-12-10-29/h13-14,19,21H,9-12,15-16H2,1-8H3,(H2,31,32,36)/t19-/m0/s1. The van der Waals surface area contributed by atoms with Crippen LogP contribution in [-0.4, -0.2) is 77.5 Å². The van der Waals surface area contributed by atoms with Gasteiger partial charge in [0.15, 0.2) is 6.29 Å². The molecular weight excluding hydrogens is 549 g/mol. The number of methoxy groups -OCH3 is 2. The lowest BCUT2D eigenvalue weighted by atomic mass is 9.73. The molecule has 2 aliphatic rings. The minimum absolute atomic E-state index is 0.116. The number of aryl methyl sites for hydroxylation is 2. The Kier molecular flexibility index (Phi) is 9.25. The summed E-state index contributed by atoms with van der Waals surface area (Å²) in [7, 11) is 2.99. The molecule has 1 fully saturated rings. The molecule has 1 spiro atoms. The maximum absolute atomic E-state index is 14.6. The molecule has 12 heteroatoms. The quantitative estimate of drug-likeness (QED) is 0.431. The minimum Gasteiger partial charge on any atom is -0.444 e. The van der Waals surface area contributed by atoms with Crippen LogP contribution in [0.15, 0.2) is 12.1 Å². The molecule has 226 valence electrons. The molecule has 0 saturated carbocycles. The van der Waals surface area contributed by atoms with Crippen LogP contribution in [0.5, 0.6) is 0 Å². The number of halogens is 1. The molecule has 4 rings (SSSR count). The van der Waals surface area contributed by atoms with Gasteiger partial charge in [0.1, 0.15) is 17.2 Å². The molecule has 0 bridgehead atoms. The molecule has 41 heavy (non-hydrogen) atoms. The summed E-state index contributed by atoms with van der Waals surface area (Å²) in [6, 6.07) is 2.50. The third-order valence-corrected chi connectivity index (χ3v) is 8.70. The van der Waals surface area contributed by atoms with E-state index in [4.69, 9.17) is 19.3 Å². The van der Waals surface area contributed by atoms with Crippen LogP contribution < -0.4 is 10.6 Å². The molecular formula is C29H42FN5O5S. The van der Waals surface area contributed by atoms with E-state index in [-0.39, 0.29) is 12.4 Å². The summed E-state index contributed by atoms with van der Waals surface area (Å²) in [6.45, 7) is 11.5. The Morgan fingerprint density at radius 3 is 2.34 bits per heavy atom. The fraction of sp³-hybridized carbons (Fsp3) is 0.621. The van der Waals surface area contributed by atoms with Gasteiger partial charge < -0.3 is 24.4 Å². The van der Waals surface area contributed by atoms with Crippen molar-refractivity contribution >= 4 is 29.7 Å². The van der Waals surface area contributed by atoms with Crippen LogP contribution in [0.3, 0.4) is 0 Å². The van der Waals surface area contributed by atoms with Crippen molar-refractivity contribution in [2.75, 3.05) is 44.1 Å². The van der Waals surface area contributed by atoms with Gasteiger partial charge in [-0.25, -0.2) is 18.7 Å². The van der Waals surface area contributed by atoms with Crippen molar-refractivity contribution in [1.29, 1.82) is 0 Å². The van der Waals surface area contributed by atoms with E-state index >= 15 is 0 Å². The van der Waals surface area contributed by atoms with Gasteiger partial charge >= 0.3 is 12.1 Å². The Bertz CT molecular complexity index is 1260. The first-order valence-corrected chi connectivity index (χ1v) is 15.0. The number of nitrogens with zero attached hydrogens (tertiary/aromatic N) is 3. The van der Waals surface area contributed by atoms with Crippen molar-refractivity contribution in [2.45, 2.75) is 77.7 Å². The summed E-state index contributed by atoms with van der Waals surface area (Å²) in [5.74, 6) is 1.99. The highest BCUT2D eigenvalue weighted by atomic mass is 32.2. The average molecular weight is 592 g/mol. The van der Waals surface area contributed by atoms with Crippen LogP contribution in [-0.2, 0) is 19.6 Å². The Labute approximate surface area is 245 Å². The van der Waals surface area contributed by atoms with Gasteiger partial charge in [0.25, 0.3) is 0 Å². The Hall–Kier alpha value is -2.83. The molecule has 10 nitrogen and oxygen atoms in total. The van der Waals surface area contributed by atoms with Gasteiger partial charge in [0.2, 0.25) is 0 Å². The first-order valence-electron chi connectivity index (χ1n) is 13.9. The predicted molar refractivity (Wildman–Crippen MR) is 157 cm³/mol. The number of thioether (sulfide) groups is 1. The summed E-state index contributed by atoms with van der Waals surface area (Å²) >= 11 is 1.88. The SMILES string of the molecule is COC(CNC(=O)Nc1c2c(nn1-c1cc(C)c(F)c(C)c1)C1(CCSCC1)CN(C(=O)OC(C)(C)C)[C@H]2C)OC. The molecule has 3 amide bonds. The lowest BCUT2D eigenvalue weighted by molar-refractivity contribution is -0.0970. The molecule has 1 aromatic heterocycles. The highest BCUT2D eigenvalue weighted by Gasteiger charge is 2.49. The Morgan fingerprint density at radius 2 is 1.78 bits per heavy atom. The molecule has 0 aliphatic carbocycles. The number of urea groups is 1. The monoisotopic (exact) mass is 591 g/mol. The zero-order valence-corrected chi connectivity index (χ0v) is 26.0. The zero-order valence-electron chi connectivity index (χ0n) is 25.2. The van der Waals surface area contributed by atoms with Gasteiger partial charge in [-0.1, -0.05) is 0 Å². The van der Waals surface area contributed by atoms with E-state index < -0.39 is 35.5 Å². The maximum Gasteiger partial charge on any atom is 0.410 e. The molecule has 2 aliphatic heterocycles. The largest absolute Gasteiger partial charge is 0.444 e. The highest BCUT2D eigenvalue weighted by molar-refractivity contribution is 7.99. The van der Waals surface area contributed by atoms with Gasteiger partial charge in [-0.15, -0.1) is 0 Å². The van der Waals surface area contributed by atoms with Crippen molar-refractivity contribution in [1.82, 2.24) is 20.0 Å². The van der Waals surface area contributed by atoms with Crippen molar-refractivity contribution in [3.05, 3.63) is 40.3 Å². The number of hydrogen-bond donors (Lipinski definition) is 2. The van der Waals surface area contributed by atoms with Crippen molar-refractivity contribution in [3.8, 4) is 5.69 Å². The summed E-state index contributed by atoms with van der Waals surface area (Å²) in [5.41, 5.74) is 2.09. The number of hydrogen-bond acceptors (Lipinski definition) is 7. The zero-order chi connectivity index (χ0) is 30.1. The van der Waals surface area contributed by atoms with E-state index in [1.54, 1.807) is 35.6 Å². The first-order chi connectivity index (χ1) is 19.3. The maximum atomic E-state index is 14.6. The minimum atomic E-state index is -0.666. The number of rotatable bonds is 6. The Balaban J connectivity index is 1.87.